The zero-order valence-corrected chi connectivity index (χ0v) is 19.6. The molecule has 160 valence electrons. The van der Waals surface area contributed by atoms with Crippen molar-refractivity contribution < 1.29 is 9.21 Å². The first-order valence-electron chi connectivity index (χ1n) is 9.96. The number of nitrogens with one attached hydrogen (secondary N) is 2. The van der Waals surface area contributed by atoms with Crippen LogP contribution in [-0.4, -0.2) is 54.5 Å². The van der Waals surface area contributed by atoms with Gasteiger partial charge in [0.25, 0.3) is 0 Å². The van der Waals surface area contributed by atoms with Crippen LogP contribution >= 0.6 is 24.0 Å². The summed E-state index contributed by atoms with van der Waals surface area (Å²) in [6.45, 7) is 11.0. The Bertz CT molecular complexity index is 606. The maximum Gasteiger partial charge on any atom is 0.220 e. The second-order valence-corrected chi connectivity index (χ2v) is 7.10. The number of piperidine rings is 1. The van der Waals surface area contributed by atoms with Crippen LogP contribution in [0.4, 0.5) is 0 Å². The highest BCUT2D eigenvalue weighted by atomic mass is 127. The summed E-state index contributed by atoms with van der Waals surface area (Å²) in [5.74, 6) is 2.19. The van der Waals surface area contributed by atoms with Crippen molar-refractivity contribution >= 4 is 35.8 Å². The average molecular weight is 506 g/mol. The van der Waals surface area contributed by atoms with E-state index in [1.807, 2.05) is 20.8 Å². The number of rotatable bonds is 9. The molecule has 0 atom stereocenters. The van der Waals surface area contributed by atoms with E-state index in [-0.39, 0.29) is 35.8 Å². The summed E-state index contributed by atoms with van der Waals surface area (Å²) in [7, 11) is 0. The van der Waals surface area contributed by atoms with Gasteiger partial charge in [0.05, 0.1) is 5.69 Å². The molecule has 2 rings (SSSR count). The molecule has 1 saturated heterocycles. The zero-order valence-electron chi connectivity index (χ0n) is 17.3. The lowest BCUT2D eigenvalue weighted by Crippen LogP contribution is -2.39. The first-order chi connectivity index (χ1) is 13.0. The van der Waals surface area contributed by atoms with E-state index in [9.17, 15) is 4.79 Å². The van der Waals surface area contributed by atoms with Crippen molar-refractivity contribution in [1.82, 2.24) is 20.5 Å². The van der Waals surface area contributed by atoms with E-state index in [4.69, 9.17) is 10.2 Å². The van der Waals surface area contributed by atoms with Gasteiger partial charge < -0.3 is 25.7 Å². The highest BCUT2D eigenvalue weighted by molar-refractivity contribution is 14.0. The Hall–Kier alpha value is -1.36. The first-order valence-corrected chi connectivity index (χ1v) is 9.96. The van der Waals surface area contributed by atoms with E-state index in [1.165, 1.54) is 0 Å². The Morgan fingerprint density at radius 1 is 1.29 bits per heavy atom. The molecule has 0 bridgehead atoms. The molecule has 9 heteroatoms. The van der Waals surface area contributed by atoms with Gasteiger partial charge in [-0.25, -0.2) is 9.98 Å². The maximum absolute atomic E-state index is 11.2. The predicted molar refractivity (Wildman–Crippen MR) is 122 cm³/mol. The highest BCUT2D eigenvalue weighted by Crippen LogP contribution is 2.16. The molecule has 2 heterocycles. The second kappa shape index (κ2) is 13.0. The lowest BCUT2D eigenvalue weighted by atomic mass is 9.96. The number of aryl methyl sites for hydroxylation is 2. The van der Waals surface area contributed by atoms with Crippen LogP contribution in [0.5, 0.6) is 0 Å². The first kappa shape index (κ1) is 24.7. The number of likely N-dealkylation sites (tertiary alicyclic amines) is 1. The molecule has 1 aromatic rings. The Morgan fingerprint density at radius 2 is 2.00 bits per heavy atom. The molecule has 28 heavy (non-hydrogen) atoms. The van der Waals surface area contributed by atoms with Crippen molar-refractivity contribution in [3.05, 3.63) is 17.3 Å². The Labute approximate surface area is 185 Å². The summed E-state index contributed by atoms with van der Waals surface area (Å²) in [6, 6.07) is 0. The molecule has 1 aromatic heterocycles. The fraction of sp³-hybridized carbons (Fsp3) is 0.737. The molecule has 1 aliphatic heterocycles. The van der Waals surface area contributed by atoms with E-state index < -0.39 is 0 Å². The number of hydrogen-bond donors (Lipinski definition) is 3. The summed E-state index contributed by atoms with van der Waals surface area (Å²) in [5, 5.41) is 6.61. The SMILES string of the molecule is CCNC(=NCc1nc(C)c(C)o1)NCCCCN1CCC(C(N)=O)CC1.I. The molecule has 8 nitrogen and oxygen atoms in total. The normalized spacial score (nSPS) is 15.9. The molecule has 4 N–H and O–H groups in total. The number of guanidine groups is 1. The molecule has 0 spiro atoms. The van der Waals surface area contributed by atoms with Crippen molar-refractivity contribution in [2.45, 2.75) is 53.0 Å². The number of oxazole rings is 1. The van der Waals surface area contributed by atoms with Gasteiger partial charge in [0.2, 0.25) is 11.8 Å². The Kier molecular flexibility index (Phi) is 11.4. The Balaban J connectivity index is 0.00000392. The number of aliphatic imine (C=N–C) groups is 1. The summed E-state index contributed by atoms with van der Waals surface area (Å²) in [5.41, 5.74) is 6.30. The Morgan fingerprint density at radius 3 is 2.57 bits per heavy atom. The third kappa shape index (κ3) is 8.34. The third-order valence-corrected chi connectivity index (χ3v) is 4.97. The number of carbonyl (C=O) groups is 1. The van der Waals surface area contributed by atoms with Crippen LogP contribution in [0.2, 0.25) is 0 Å². The van der Waals surface area contributed by atoms with Gasteiger partial charge in [0.1, 0.15) is 12.3 Å². The predicted octanol–water partition coefficient (Wildman–Crippen LogP) is 1.94. The standard InChI is InChI=1S/C19H34N6O2.HI/c1-4-21-19(23-13-17-24-14(2)15(3)27-17)22-9-5-6-10-25-11-7-16(8-12-25)18(20)26;/h16H,4-13H2,1-3H3,(H2,20,26)(H2,21,22,23);1H. The van der Waals surface area contributed by atoms with Crippen LogP contribution in [0, 0.1) is 19.8 Å². The van der Waals surface area contributed by atoms with E-state index in [1.54, 1.807) is 0 Å². The van der Waals surface area contributed by atoms with Gasteiger partial charge in [-0.3, -0.25) is 4.79 Å². The molecule has 0 aromatic carbocycles. The topological polar surface area (TPSA) is 109 Å². The molecule has 1 aliphatic rings. The molecule has 0 unspecified atom stereocenters. The number of nitrogens with two attached hydrogens (primary N) is 1. The number of primary amides is 1. The summed E-state index contributed by atoms with van der Waals surface area (Å²) >= 11 is 0. The molecule has 1 amide bonds. The zero-order chi connectivity index (χ0) is 19.6. The lowest BCUT2D eigenvalue weighted by molar-refractivity contribution is -0.123. The average Bonchev–Trinajstić information content (AvgIpc) is 2.97. The lowest BCUT2D eigenvalue weighted by Gasteiger charge is -2.30. The number of hydrogen-bond acceptors (Lipinski definition) is 5. The van der Waals surface area contributed by atoms with Gasteiger partial charge in [-0.15, -0.1) is 24.0 Å². The largest absolute Gasteiger partial charge is 0.444 e. The van der Waals surface area contributed by atoms with Crippen molar-refractivity contribution in [3.8, 4) is 0 Å². The number of carbonyl (C=O) groups excluding carboxylic acids is 1. The number of unbranched alkanes of at least 4 members (excludes halogenated alkanes) is 1. The molecular formula is C19H35IN6O2. The van der Waals surface area contributed by atoms with E-state index >= 15 is 0 Å². The van der Waals surface area contributed by atoms with Crippen LogP contribution < -0.4 is 16.4 Å². The minimum absolute atomic E-state index is 0. The van der Waals surface area contributed by atoms with Gasteiger partial charge >= 0.3 is 0 Å². The molecular weight excluding hydrogens is 471 g/mol. The number of aromatic nitrogens is 1. The van der Waals surface area contributed by atoms with Crippen molar-refractivity contribution in [3.63, 3.8) is 0 Å². The number of nitrogens with zero attached hydrogens (tertiary/aromatic N) is 3. The van der Waals surface area contributed by atoms with Crippen molar-refractivity contribution in [1.29, 1.82) is 0 Å². The molecule has 0 radical (unpaired) electrons. The van der Waals surface area contributed by atoms with Crippen LogP contribution in [0.15, 0.2) is 9.41 Å². The van der Waals surface area contributed by atoms with E-state index in [2.05, 4.69) is 25.5 Å². The maximum atomic E-state index is 11.2. The van der Waals surface area contributed by atoms with Crippen LogP contribution in [0.3, 0.4) is 0 Å². The smallest absolute Gasteiger partial charge is 0.220 e. The fourth-order valence-corrected chi connectivity index (χ4v) is 3.20. The summed E-state index contributed by atoms with van der Waals surface area (Å²) in [4.78, 5) is 22.5. The molecule has 0 saturated carbocycles. The minimum Gasteiger partial charge on any atom is -0.444 e. The van der Waals surface area contributed by atoms with E-state index in [0.717, 1.165) is 75.8 Å². The summed E-state index contributed by atoms with van der Waals surface area (Å²) < 4.78 is 5.57. The summed E-state index contributed by atoms with van der Waals surface area (Å²) in [6.07, 6.45) is 3.97. The van der Waals surface area contributed by atoms with Gasteiger partial charge in [-0.05, 0) is 66.1 Å². The monoisotopic (exact) mass is 506 g/mol. The third-order valence-electron chi connectivity index (χ3n) is 4.97. The van der Waals surface area contributed by atoms with Crippen molar-refractivity contribution in [2.24, 2.45) is 16.6 Å². The van der Waals surface area contributed by atoms with Crippen LogP contribution in [0.1, 0.15) is 50.0 Å². The fourth-order valence-electron chi connectivity index (χ4n) is 3.20. The van der Waals surface area contributed by atoms with Crippen molar-refractivity contribution in [2.75, 3.05) is 32.7 Å². The van der Waals surface area contributed by atoms with Crippen LogP contribution in [-0.2, 0) is 11.3 Å². The molecule has 0 aliphatic carbocycles. The minimum atomic E-state index is -0.149. The van der Waals surface area contributed by atoms with Gasteiger partial charge in [-0.1, -0.05) is 0 Å². The van der Waals surface area contributed by atoms with Gasteiger partial charge in [-0.2, -0.15) is 0 Å². The van der Waals surface area contributed by atoms with E-state index in [0.29, 0.717) is 12.4 Å². The number of halogens is 1. The van der Waals surface area contributed by atoms with Gasteiger partial charge in [0.15, 0.2) is 5.96 Å². The molecule has 1 fully saturated rings. The quantitative estimate of drug-likeness (QED) is 0.205. The van der Waals surface area contributed by atoms with Crippen LogP contribution in [0.25, 0.3) is 0 Å². The number of amides is 1. The van der Waals surface area contributed by atoms with Gasteiger partial charge in [0, 0.05) is 19.0 Å². The highest BCUT2D eigenvalue weighted by Gasteiger charge is 2.22. The second-order valence-electron chi connectivity index (χ2n) is 7.10.